The van der Waals surface area contributed by atoms with Crippen molar-refractivity contribution in [1.29, 1.82) is 0 Å². The average molecular weight is 388 g/mol. The van der Waals surface area contributed by atoms with Crippen molar-refractivity contribution in [1.82, 2.24) is 10.1 Å². The van der Waals surface area contributed by atoms with Crippen LogP contribution in [0.2, 0.25) is 5.02 Å². The van der Waals surface area contributed by atoms with Gasteiger partial charge in [-0.05, 0) is 30.3 Å². The molecule has 0 bridgehead atoms. The molecule has 8 heteroatoms. The molecule has 0 aliphatic carbocycles. The molecule has 2 heterocycles. The monoisotopic (exact) mass is 387 g/mol. The first-order valence-corrected chi connectivity index (χ1v) is 8.67. The van der Waals surface area contributed by atoms with E-state index >= 15 is 0 Å². The van der Waals surface area contributed by atoms with Gasteiger partial charge in [0.2, 0.25) is 5.91 Å². The number of halogens is 2. The highest BCUT2D eigenvalue weighted by molar-refractivity contribution is 6.31. The third kappa shape index (κ3) is 3.26. The number of benzene rings is 2. The number of amides is 1. The summed E-state index contributed by atoms with van der Waals surface area (Å²) in [5.41, 5.74) is 0.877. The molecule has 0 saturated carbocycles. The minimum absolute atomic E-state index is 0.0244. The van der Waals surface area contributed by atoms with Crippen LogP contribution in [0.4, 0.5) is 10.1 Å². The first-order valence-electron chi connectivity index (χ1n) is 8.29. The summed E-state index contributed by atoms with van der Waals surface area (Å²) in [5, 5.41) is 3.98. The Kier molecular flexibility index (Phi) is 4.53. The Morgan fingerprint density at radius 2 is 2.11 bits per heavy atom. The fourth-order valence-corrected chi connectivity index (χ4v) is 3.26. The van der Waals surface area contributed by atoms with Crippen molar-refractivity contribution in [2.45, 2.75) is 12.3 Å². The van der Waals surface area contributed by atoms with Gasteiger partial charge in [0.15, 0.2) is 11.6 Å². The Labute approximate surface area is 159 Å². The first kappa shape index (κ1) is 17.5. The SMILES string of the molecule is COc1cccc(-c2nc(C3CC(=O)N(c4cccc(Cl)c4F)C3)no2)c1. The largest absolute Gasteiger partial charge is 0.497 e. The van der Waals surface area contributed by atoms with Gasteiger partial charge in [-0.3, -0.25) is 4.79 Å². The second kappa shape index (κ2) is 7.00. The number of anilines is 1. The van der Waals surface area contributed by atoms with Gasteiger partial charge >= 0.3 is 0 Å². The van der Waals surface area contributed by atoms with E-state index < -0.39 is 5.82 Å². The summed E-state index contributed by atoms with van der Waals surface area (Å²) in [6.07, 6.45) is 0.170. The Hall–Kier alpha value is -2.93. The van der Waals surface area contributed by atoms with Crippen LogP contribution in [0.5, 0.6) is 5.75 Å². The summed E-state index contributed by atoms with van der Waals surface area (Å²) >= 11 is 5.83. The summed E-state index contributed by atoms with van der Waals surface area (Å²) in [4.78, 5) is 18.2. The van der Waals surface area contributed by atoms with Crippen LogP contribution in [0, 0.1) is 5.82 Å². The second-order valence-corrected chi connectivity index (χ2v) is 6.58. The molecular weight excluding hydrogens is 373 g/mol. The molecule has 0 N–H and O–H groups in total. The number of nitrogens with zero attached hydrogens (tertiary/aromatic N) is 3. The van der Waals surface area contributed by atoms with Crippen molar-refractivity contribution < 1.29 is 18.4 Å². The van der Waals surface area contributed by atoms with Gasteiger partial charge in [0, 0.05) is 24.4 Å². The molecule has 138 valence electrons. The lowest BCUT2D eigenvalue weighted by Gasteiger charge is -2.17. The van der Waals surface area contributed by atoms with Crippen LogP contribution in [-0.4, -0.2) is 29.7 Å². The topological polar surface area (TPSA) is 68.5 Å². The minimum Gasteiger partial charge on any atom is -0.497 e. The van der Waals surface area contributed by atoms with Crippen molar-refractivity contribution in [3.63, 3.8) is 0 Å². The highest BCUT2D eigenvalue weighted by Gasteiger charge is 2.36. The molecule has 4 rings (SSSR count). The van der Waals surface area contributed by atoms with E-state index in [0.29, 0.717) is 17.5 Å². The predicted octanol–water partition coefficient (Wildman–Crippen LogP) is 4.06. The number of aromatic nitrogens is 2. The summed E-state index contributed by atoms with van der Waals surface area (Å²) in [6, 6.07) is 11.8. The van der Waals surface area contributed by atoms with Crippen molar-refractivity contribution >= 4 is 23.2 Å². The van der Waals surface area contributed by atoms with Crippen LogP contribution >= 0.6 is 11.6 Å². The van der Waals surface area contributed by atoms with E-state index in [1.54, 1.807) is 19.2 Å². The van der Waals surface area contributed by atoms with Crippen molar-refractivity contribution in [3.8, 4) is 17.2 Å². The molecule has 1 aliphatic rings. The van der Waals surface area contributed by atoms with Gasteiger partial charge in [-0.25, -0.2) is 4.39 Å². The normalized spacial score (nSPS) is 16.8. The summed E-state index contributed by atoms with van der Waals surface area (Å²) < 4.78 is 24.8. The predicted molar refractivity (Wildman–Crippen MR) is 97.4 cm³/mol. The van der Waals surface area contributed by atoms with E-state index in [1.807, 2.05) is 18.2 Å². The van der Waals surface area contributed by atoms with E-state index in [4.69, 9.17) is 20.9 Å². The Morgan fingerprint density at radius 1 is 1.30 bits per heavy atom. The smallest absolute Gasteiger partial charge is 0.258 e. The molecule has 1 atom stereocenters. The molecule has 2 aromatic carbocycles. The number of carbonyl (C=O) groups excluding carboxylic acids is 1. The van der Waals surface area contributed by atoms with Gasteiger partial charge < -0.3 is 14.2 Å². The van der Waals surface area contributed by atoms with Crippen molar-refractivity contribution in [2.24, 2.45) is 0 Å². The molecule has 1 aliphatic heterocycles. The zero-order valence-corrected chi connectivity index (χ0v) is 15.1. The van der Waals surface area contributed by atoms with Crippen LogP contribution in [0.15, 0.2) is 47.0 Å². The second-order valence-electron chi connectivity index (χ2n) is 6.17. The van der Waals surface area contributed by atoms with Gasteiger partial charge in [-0.15, -0.1) is 0 Å². The van der Waals surface area contributed by atoms with Crippen LogP contribution in [0.25, 0.3) is 11.5 Å². The Balaban J connectivity index is 1.58. The lowest BCUT2D eigenvalue weighted by atomic mass is 10.1. The number of hydrogen-bond donors (Lipinski definition) is 0. The van der Waals surface area contributed by atoms with Crippen LogP contribution in [0.1, 0.15) is 18.2 Å². The molecule has 1 unspecified atom stereocenters. The average Bonchev–Trinajstić information content (AvgIpc) is 3.31. The lowest BCUT2D eigenvalue weighted by Crippen LogP contribution is -2.25. The van der Waals surface area contributed by atoms with Crippen LogP contribution in [0.3, 0.4) is 0 Å². The lowest BCUT2D eigenvalue weighted by molar-refractivity contribution is -0.117. The van der Waals surface area contributed by atoms with Gasteiger partial charge in [-0.2, -0.15) is 4.98 Å². The molecule has 3 aromatic rings. The molecule has 1 fully saturated rings. The van der Waals surface area contributed by atoms with E-state index in [-0.39, 0.29) is 35.5 Å². The fraction of sp³-hybridized carbons (Fsp3) is 0.211. The van der Waals surface area contributed by atoms with E-state index in [0.717, 1.165) is 5.56 Å². The molecular formula is C19H15ClFN3O3. The molecule has 27 heavy (non-hydrogen) atoms. The molecule has 0 spiro atoms. The zero-order chi connectivity index (χ0) is 19.0. The zero-order valence-electron chi connectivity index (χ0n) is 14.4. The van der Waals surface area contributed by atoms with Crippen LogP contribution in [-0.2, 0) is 4.79 Å². The maximum absolute atomic E-state index is 14.3. The van der Waals surface area contributed by atoms with Crippen molar-refractivity contribution in [3.05, 3.63) is 59.1 Å². The number of rotatable bonds is 4. The number of hydrogen-bond acceptors (Lipinski definition) is 5. The quantitative estimate of drug-likeness (QED) is 0.675. The van der Waals surface area contributed by atoms with Gasteiger partial charge in [0.1, 0.15) is 5.75 Å². The Morgan fingerprint density at radius 3 is 2.93 bits per heavy atom. The highest BCUT2D eigenvalue weighted by atomic mass is 35.5. The van der Waals surface area contributed by atoms with E-state index in [1.165, 1.54) is 17.0 Å². The summed E-state index contributed by atoms with van der Waals surface area (Å²) in [7, 11) is 1.58. The Bertz CT molecular complexity index is 1010. The standard InChI is InChI=1S/C19H15ClFN3O3/c1-26-13-5-2-4-11(8-13)19-22-18(23-27-19)12-9-16(25)24(10-12)15-7-3-6-14(20)17(15)21/h2-8,12H,9-10H2,1H3. The third-order valence-electron chi connectivity index (χ3n) is 4.47. The van der Waals surface area contributed by atoms with Crippen molar-refractivity contribution in [2.75, 3.05) is 18.6 Å². The van der Waals surface area contributed by atoms with Crippen LogP contribution < -0.4 is 9.64 Å². The maximum Gasteiger partial charge on any atom is 0.258 e. The highest BCUT2D eigenvalue weighted by Crippen LogP contribution is 2.34. The maximum atomic E-state index is 14.3. The van der Waals surface area contributed by atoms with E-state index in [2.05, 4.69) is 10.1 Å². The van der Waals surface area contributed by atoms with Gasteiger partial charge in [0.25, 0.3) is 5.89 Å². The molecule has 0 radical (unpaired) electrons. The molecule has 1 aromatic heterocycles. The summed E-state index contributed by atoms with van der Waals surface area (Å²) in [5.74, 6) is 0.298. The molecule has 1 amide bonds. The molecule has 6 nitrogen and oxygen atoms in total. The van der Waals surface area contributed by atoms with Gasteiger partial charge in [-0.1, -0.05) is 28.9 Å². The van der Waals surface area contributed by atoms with Gasteiger partial charge in [0.05, 0.1) is 17.8 Å². The minimum atomic E-state index is -0.613. The molecule has 1 saturated heterocycles. The third-order valence-corrected chi connectivity index (χ3v) is 4.76. The number of carbonyl (C=O) groups is 1. The summed E-state index contributed by atoms with van der Waals surface area (Å²) in [6.45, 7) is 0.257. The van der Waals surface area contributed by atoms with E-state index in [9.17, 15) is 9.18 Å². The number of ether oxygens (including phenoxy) is 1. The number of methoxy groups -OCH3 is 1. The first-order chi connectivity index (χ1) is 13.1. The fourth-order valence-electron chi connectivity index (χ4n) is 3.09.